The first kappa shape index (κ1) is 10.4. The predicted molar refractivity (Wildman–Crippen MR) is 58.2 cm³/mol. The summed E-state index contributed by atoms with van der Waals surface area (Å²) < 4.78 is 5.49. The number of ether oxygens (including phenoxy) is 1. The molecule has 0 aromatic rings. The van der Waals surface area contributed by atoms with Crippen LogP contribution in [0.3, 0.4) is 0 Å². The molecular formula is C9H16N2OS. The zero-order valence-electron chi connectivity index (χ0n) is 8.08. The second-order valence-corrected chi connectivity index (χ2v) is 3.67. The first-order valence-corrected chi connectivity index (χ1v) is 5.07. The minimum atomic E-state index is -0.326. The van der Waals surface area contributed by atoms with Crippen LogP contribution in [0.4, 0.5) is 0 Å². The van der Waals surface area contributed by atoms with Crippen molar-refractivity contribution in [2.45, 2.75) is 25.9 Å². The molecule has 4 heteroatoms. The molecule has 0 saturated carbocycles. The third-order valence-electron chi connectivity index (χ3n) is 2.22. The minimum Gasteiger partial charge on any atom is -0.467 e. The number of thiol groups is 1. The van der Waals surface area contributed by atoms with Gasteiger partial charge < -0.3 is 10.5 Å². The molecule has 1 heterocycles. The second-order valence-electron chi connectivity index (χ2n) is 3.22. The number of nitrogens with zero attached hydrogens (tertiary/aromatic N) is 1. The van der Waals surface area contributed by atoms with Gasteiger partial charge in [-0.1, -0.05) is 6.92 Å². The van der Waals surface area contributed by atoms with Crippen molar-refractivity contribution in [1.82, 2.24) is 0 Å². The number of rotatable bonds is 3. The Kier molecular flexibility index (Phi) is 3.25. The van der Waals surface area contributed by atoms with Crippen molar-refractivity contribution in [3.05, 3.63) is 12.0 Å². The predicted octanol–water partition coefficient (Wildman–Crippen LogP) is 1.36. The Morgan fingerprint density at radius 2 is 2.38 bits per heavy atom. The van der Waals surface area contributed by atoms with Gasteiger partial charge in [0, 0.05) is 18.4 Å². The lowest BCUT2D eigenvalue weighted by Gasteiger charge is -2.23. The number of nitrogens with two attached hydrogens (primary N) is 1. The van der Waals surface area contributed by atoms with Gasteiger partial charge in [-0.2, -0.15) is 12.6 Å². The maximum Gasteiger partial charge on any atom is 0.187 e. The average molecular weight is 200 g/mol. The number of aliphatic imine (C=N–C) groups is 1. The van der Waals surface area contributed by atoms with Crippen molar-refractivity contribution in [3.8, 4) is 0 Å². The van der Waals surface area contributed by atoms with E-state index in [1.807, 2.05) is 6.92 Å². The summed E-state index contributed by atoms with van der Waals surface area (Å²) in [5, 5.41) is 0. The summed E-state index contributed by atoms with van der Waals surface area (Å²) >= 11 is 4.10. The van der Waals surface area contributed by atoms with Crippen molar-refractivity contribution in [2.24, 2.45) is 10.7 Å². The lowest BCUT2D eigenvalue weighted by Crippen LogP contribution is -2.32. The SMILES string of the molecule is CCC1(C)OC(N)=CC1=NCCS. The highest BCUT2D eigenvalue weighted by molar-refractivity contribution is 7.80. The Hall–Kier alpha value is -0.640. The fourth-order valence-corrected chi connectivity index (χ4v) is 1.37. The number of hydrogen-bond acceptors (Lipinski definition) is 4. The Morgan fingerprint density at radius 1 is 1.69 bits per heavy atom. The van der Waals surface area contributed by atoms with E-state index in [4.69, 9.17) is 10.5 Å². The molecule has 0 bridgehead atoms. The van der Waals surface area contributed by atoms with E-state index in [1.54, 1.807) is 6.08 Å². The molecule has 13 heavy (non-hydrogen) atoms. The van der Waals surface area contributed by atoms with Crippen LogP contribution in [0.1, 0.15) is 20.3 Å². The molecule has 0 aliphatic carbocycles. The second kappa shape index (κ2) is 4.05. The topological polar surface area (TPSA) is 47.6 Å². The van der Waals surface area contributed by atoms with Crippen LogP contribution in [0.15, 0.2) is 17.0 Å². The standard InChI is InChI=1S/C9H16N2OS/c1-3-9(2)7(11-4-5-13)6-8(10)12-9/h6,13H,3-5,10H2,1-2H3. The van der Waals surface area contributed by atoms with E-state index in [-0.39, 0.29) is 5.60 Å². The van der Waals surface area contributed by atoms with E-state index in [0.29, 0.717) is 12.4 Å². The summed E-state index contributed by atoms with van der Waals surface area (Å²) in [5.74, 6) is 1.21. The smallest absolute Gasteiger partial charge is 0.187 e. The van der Waals surface area contributed by atoms with Gasteiger partial charge in [0.25, 0.3) is 0 Å². The molecule has 0 amide bonds. The van der Waals surface area contributed by atoms with Crippen LogP contribution in [-0.2, 0) is 4.74 Å². The maximum atomic E-state index is 5.59. The monoisotopic (exact) mass is 200 g/mol. The number of hydrogen-bond donors (Lipinski definition) is 2. The zero-order valence-corrected chi connectivity index (χ0v) is 8.97. The van der Waals surface area contributed by atoms with Gasteiger partial charge in [-0.15, -0.1) is 0 Å². The van der Waals surface area contributed by atoms with E-state index in [2.05, 4.69) is 24.5 Å². The summed E-state index contributed by atoms with van der Waals surface area (Å²) in [6.07, 6.45) is 2.67. The lowest BCUT2D eigenvalue weighted by atomic mass is 9.98. The van der Waals surface area contributed by atoms with E-state index in [0.717, 1.165) is 17.9 Å². The van der Waals surface area contributed by atoms with Crippen molar-refractivity contribution >= 4 is 18.3 Å². The third kappa shape index (κ3) is 2.18. The van der Waals surface area contributed by atoms with E-state index < -0.39 is 0 Å². The third-order valence-corrected chi connectivity index (χ3v) is 2.42. The molecule has 0 aromatic heterocycles. The van der Waals surface area contributed by atoms with Crippen LogP contribution in [0, 0.1) is 0 Å². The van der Waals surface area contributed by atoms with Crippen molar-refractivity contribution in [3.63, 3.8) is 0 Å². The molecule has 0 aromatic carbocycles. The van der Waals surface area contributed by atoms with E-state index in [1.165, 1.54) is 0 Å². The van der Waals surface area contributed by atoms with Crippen LogP contribution in [-0.4, -0.2) is 23.6 Å². The summed E-state index contributed by atoms with van der Waals surface area (Å²) in [6, 6.07) is 0. The van der Waals surface area contributed by atoms with Gasteiger partial charge in [0.1, 0.15) is 5.60 Å². The molecule has 0 fully saturated rings. The molecule has 74 valence electrons. The summed E-state index contributed by atoms with van der Waals surface area (Å²) in [5.41, 5.74) is 6.19. The molecule has 0 spiro atoms. The van der Waals surface area contributed by atoms with Gasteiger partial charge in [0.2, 0.25) is 0 Å². The van der Waals surface area contributed by atoms with Crippen molar-refractivity contribution in [2.75, 3.05) is 12.3 Å². The molecule has 2 N–H and O–H groups in total. The van der Waals surface area contributed by atoms with Gasteiger partial charge in [-0.05, 0) is 13.3 Å². The lowest BCUT2D eigenvalue weighted by molar-refractivity contribution is 0.0870. The van der Waals surface area contributed by atoms with Gasteiger partial charge >= 0.3 is 0 Å². The van der Waals surface area contributed by atoms with Gasteiger partial charge in [0.05, 0.1) is 5.71 Å². The minimum absolute atomic E-state index is 0.326. The summed E-state index contributed by atoms with van der Waals surface area (Å²) in [4.78, 5) is 4.38. The average Bonchev–Trinajstić information content (AvgIpc) is 2.39. The maximum absolute atomic E-state index is 5.59. The largest absolute Gasteiger partial charge is 0.467 e. The molecule has 0 radical (unpaired) electrons. The van der Waals surface area contributed by atoms with Gasteiger partial charge in [0.15, 0.2) is 5.88 Å². The molecule has 1 aliphatic heterocycles. The molecule has 3 nitrogen and oxygen atoms in total. The summed E-state index contributed by atoms with van der Waals surface area (Å²) in [6.45, 7) is 4.77. The Balaban J connectivity index is 2.80. The molecule has 0 saturated heterocycles. The quantitative estimate of drug-likeness (QED) is 0.676. The van der Waals surface area contributed by atoms with Crippen LogP contribution in [0.2, 0.25) is 0 Å². The summed E-state index contributed by atoms with van der Waals surface area (Å²) in [7, 11) is 0. The molecule has 1 atom stereocenters. The Labute approximate surface area is 84.5 Å². The highest BCUT2D eigenvalue weighted by Crippen LogP contribution is 2.26. The van der Waals surface area contributed by atoms with Crippen LogP contribution >= 0.6 is 12.6 Å². The van der Waals surface area contributed by atoms with Crippen molar-refractivity contribution < 1.29 is 4.74 Å². The highest BCUT2D eigenvalue weighted by Gasteiger charge is 2.35. The Morgan fingerprint density at radius 3 is 2.92 bits per heavy atom. The van der Waals surface area contributed by atoms with Gasteiger partial charge in [-0.25, -0.2) is 0 Å². The fourth-order valence-electron chi connectivity index (χ4n) is 1.27. The first-order valence-electron chi connectivity index (χ1n) is 4.44. The Bertz CT molecular complexity index is 250. The first-order chi connectivity index (χ1) is 6.12. The van der Waals surface area contributed by atoms with Crippen LogP contribution in [0.5, 0.6) is 0 Å². The molecular weight excluding hydrogens is 184 g/mol. The molecule has 1 aliphatic rings. The normalized spacial score (nSPS) is 30.4. The highest BCUT2D eigenvalue weighted by atomic mass is 32.1. The van der Waals surface area contributed by atoms with Crippen LogP contribution < -0.4 is 5.73 Å². The van der Waals surface area contributed by atoms with Gasteiger partial charge in [-0.3, -0.25) is 4.99 Å². The van der Waals surface area contributed by atoms with E-state index in [9.17, 15) is 0 Å². The molecule has 1 rings (SSSR count). The van der Waals surface area contributed by atoms with E-state index >= 15 is 0 Å². The van der Waals surface area contributed by atoms with Crippen molar-refractivity contribution in [1.29, 1.82) is 0 Å². The zero-order chi connectivity index (χ0) is 9.90. The fraction of sp³-hybridized carbons (Fsp3) is 0.667. The molecule has 1 unspecified atom stereocenters. The van der Waals surface area contributed by atoms with Crippen LogP contribution in [0.25, 0.3) is 0 Å².